The summed E-state index contributed by atoms with van der Waals surface area (Å²) in [5.74, 6) is 6.79. The largest absolute Gasteiger partial charge is 0.493 e. The molecule has 1 aliphatic rings. The highest BCUT2D eigenvalue weighted by Crippen LogP contribution is 2.41. The summed E-state index contributed by atoms with van der Waals surface area (Å²) in [6, 6.07) is 15.1. The van der Waals surface area contributed by atoms with Crippen LogP contribution in [0, 0.1) is 11.8 Å². The van der Waals surface area contributed by atoms with Gasteiger partial charge in [-0.1, -0.05) is 56.9 Å². The Balaban J connectivity index is 1.48. The molecule has 2 aromatic carbocycles. The predicted molar refractivity (Wildman–Crippen MR) is 188 cm³/mol. The van der Waals surface area contributed by atoms with Crippen molar-refractivity contribution < 1.29 is 41.6 Å². The molecule has 2 aromatic heterocycles. The molecule has 0 unspecified atom stereocenters. The molecule has 0 saturated carbocycles. The number of methoxy groups -OCH3 is 3. The first-order valence-electron chi connectivity index (χ1n) is 15.9. The lowest BCUT2D eigenvalue weighted by molar-refractivity contribution is 0.122. The van der Waals surface area contributed by atoms with E-state index in [1.165, 1.54) is 27.4 Å². The van der Waals surface area contributed by atoms with Gasteiger partial charge in [-0.15, -0.1) is 0 Å². The zero-order valence-corrected chi connectivity index (χ0v) is 30.1. The highest BCUT2D eigenvalue weighted by molar-refractivity contribution is 7.92. The van der Waals surface area contributed by atoms with Crippen LogP contribution in [0.1, 0.15) is 26.3 Å². The second-order valence-electron chi connectivity index (χ2n) is 11.9. The van der Waals surface area contributed by atoms with Crippen LogP contribution in [0.25, 0.3) is 0 Å². The zero-order valence-electron chi connectivity index (χ0n) is 29.3. The van der Waals surface area contributed by atoms with Gasteiger partial charge in [-0.3, -0.25) is 4.72 Å². The van der Waals surface area contributed by atoms with Crippen molar-refractivity contribution in [2.24, 2.45) is 0 Å². The maximum Gasteiger partial charge on any atom is 0.324 e. The minimum atomic E-state index is -4.16. The average Bonchev–Trinajstić information content (AvgIpc) is 3.13. The molecule has 4 aromatic rings. The van der Waals surface area contributed by atoms with Crippen LogP contribution in [0.15, 0.2) is 59.5 Å². The fourth-order valence-electron chi connectivity index (χ4n) is 4.68. The van der Waals surface area contributed by atoms with Gasteiger partial charge < -0.3 is 38.1 Å². The maximum absolute atomic E-state index is 13.8. The first kappa shape index (κ1) is 36.7. The van der Waals surface area contributed by atoms with Crippen molar-refractivity contribution in [2.45, 2.75) is 31.1 Å². The molecule has 0 radical (unpaired) electrons. The average molecular weight is 721 g/mol. The summed E-state index contributed by atoms with van der Waals surface area (Å²) in [7, 11) is 0.259. The number of para-hydroxylation sites is 2. The van der Waals surface area contributed by atoms with Gasteiger partial charge in [0.1, 0.15) is 0 Å². The third kappa shape index (κ3) is 9.59. The first-order chi connectivity index (χ1) is 24.5. The summed E-state index contributed by atoms with van der Waals surface area (Å²) >= 11 is 0. The molecular formula is C35H40N6O9S. The van der Waals surface area contributed by atoms with E-state index >= 15 is 0 Å². The number of rotatable bonds is 13. The first-order valence-corrected chi connectivity index (χ1v) is 17.4. The number of nitrogens with zero attached hydrogens (tertiary/aromatic N) is 5. The van der Waals surface area contributed by atoms with E-state index in [1.54, 1.807) is 48.5 Å². The molecule has 270 valence electrons. The Morgan fingerprint density at radius 3 is 2.06 bits per heavy atom. The van der Waals surface area contributed by atoms with Gasteiger partial charge in [-0.05, 0) is 35.2 Å². The lowest BCUT2D eigenvalue weighted by Crippen LogP contribution is -2.37. The Labute approximate surface area is 297 Å². The van der Waals surface area contributed by atoms with Gasteiger partial charge in [0.2, 0.25) is 23.5 Å². The summed E-state index contributed by atoms with van der Waals surface area (Å²) in [5.41, 5.74) is 0.819. The molecule has 5 rings (SSSR count). The number of hydrogen-bond donors (Lipinski definition) is 1. The normalized spacial score (nSPS) is 13.0. The van der Waals surface area contributed by atoms with Crippen LogP contribution in [0.5, 0.6) is 40.9 Å². The molecule has 0 spiro atoms. The van der Waals surface area contributed by atoms with Gasteiger partial charge >= 0.3 is 6.01 Å². The number of sulfonamides is 1. The summed E-state index contributed by atoms with van der Waals surface area (Å²) in [6.07, 6.45) is 0. The van der Waals surface area contributed by atoms with E-state index < -0.39 is 10.0 Å². The number of anilines is 2. The van der Waals surface area contributed by atoms with Crippen LogP contribution in [0.3, 0.4) is 0 Å². The molecule has 16 heteroatoms. The number of ether oxygens (including phenoxy) is 7. The van der Waals surface area contributed by atoms with Gasteiger partial charge in [-0.2, -0.15) is 19.9 Å². The highest BCUT2D eigenvalue weighted by atomic mass is 32.2. The molecule has 1 N–H and O–H groups in total. The van der Waals surface area contributed by atoms with Crippen molar-refractivity contribution >= 4 is 21.8 Å². The molecule has 1 fully saturated rings. The molecule has 0 aliphatic carbocycles. The standard InChI is InChI=1S/C35H40N6O9S/c1-35(2,3)24-13-15-25(16-14-24)51(42,43)40-31-30(50-27-12-8-7-11-26(27)44-4)32(39-33(38-31)41-17-21-47-22-18-41)48-19-9-10-20-49-34-36-28(45-5)23-29(37-34)46-6/h7-8,11-16,23H,17-22H2,1-6H3,(H,38,39,40). The van der Waals surface area contributed by atoms with Gasteiger partial charge in [0.15, 0.2) is 30.5 Å². The van der Waals surface area contributed by atoms with Crippen LogP contribution in [-0.2, 0) is 20.2 Å². The Morgan fingerprint density at radius 2 is 1.45 bits per heavy atom. The van der Waals surface area contributed by atoms with E-state index in [1.807, 2.05) is 4.90 Å². The second kappa shape index (κ2) is 16.5. The summed E-state index contributed by atoms with van der Waals surface area (Å²) < 4.78 is 69.4. The Morgan fingerprint density at radius 1 is 0.824 bits per heavy atom. The fraction of sp³-hybridized carbons (Fsp3) is 0.371. The van der Waals surface area contributed by atoms with E-state index in [-0.39, 0.29) is 70.4 Å². The van der Waals surface area contributed by atoms with Crippen LogP contribution >= 0.6 is 0 Å². The Hall–Kier alpha value is -5.53. The van der Waals surface area contributed by atoms with Crippen molar-refractivity contribution in [1.29, 1.82) is 0 Å². The van der Waals surface area contributed by atoms with Crippen LogP contribution in [-0.4, -0.2) is 89.2 Å². The van der Waals surface area contributed by atoms with Crippen molar-refractivity contribution in [3.63, 3.8) is 0 Å². The third-order valence-corrected chi connectivity index (χ3v) is 8.77. The van der Waals surface area contributed by atoms with Crippen molar-refractivity contribution in [1.82, 2.24) is 19.9 Å². The van der Waals surface area contributed by atoms with Gasteiger partial charge in [0.05, 0.1) is 45.5 Å². The van der Waals surface area contributed by atoms with E-state index in [0.29, 0.717) is 32.1 Å². The summed E-state index contributed by atoms with van der Waals surface area (Å²) in [5, 5.41) is 0. The van der Waals surface area contributed by atoms with E-state index in [4.69, 9.17) is 33.2 Å². The van der Waals surface area contributed by atoms with Crippen LogP contribution in [0.4, 0.5) is 11.8 Å². The van der Waals surface area contributed by atoms with Gasteiger partial charge in [-0.25, -0.2) is 8.42 Å². The lowest BCUT2D eigenvalue weighted by Gasteiger charge is -2.28. The predicted octanol–water partition coefficient (Wildman–Crippen LogP) is 4.48. The third-order valence-electron chi connectivity index (χ3n) is 7.42. The number of morpholine rings is 1. The second-order valence-corrected chi connectivity index (χ2v) is 13.6. The van der Waals surface area contributed by atoms with Crippen molar-refractivity contribution in [3.05, 3.63) is 60.2 Å². The van der Waals surface area contributed by atoms with Crippen LogP contribution in [0.2, 0.25) is 0 Å². The summed E-state index contributed by atoms with van der Waals surface area (Å²) in [6.45, 7) is 7.73. The number of aromatic nitrogens is 4. The molecule has 0 bridgehead atoms. The molecule has 0 atom stereocenters. The lowest BCUT2D eigenvalue weighted by atomic mass is 9.87. The molecule has 15 nitrogen and oxygen atoms in total. The quantitative estimate of drug-likeness (QED) is 0.192. The molecule has 0 amide bonds. The Bertz CT molecular complexity index is 1950. The molecule has 51 heavy (non-hydrogen) atoms. The smallest absolute Gasteiger partial charge is 0.324 e. The summed E-state index contributed by atoms with van der Waals surface area (Å²) in [4.78, 5) is 19.4. The molecule has 3 heterocycles. The zero-order chi connectivity index (χ0) is 36.4. The van der Waals surface area contributed by atoms with Gasteiger partial charge in [0.25, 0.3) is 15.9 Å². The maximum atomic E-state index is 13.8. The SMILES string of the molecule is COc1cc(OC)nc(OCC#CCOc2nc(N3CCOCC3)nc(NS(=O)(=O)c3ccc(C(C)(C)C)cc3)c2Oc2ccccc2OC)n1. The molecular weight excluding hydrogens is 680 g/mol. The van der Waals surface area contributed by atoms with Crippen LogP contribution < -0.4 is 38.0 Å². The topological polar surface area (TPSA) is 166 Å². The van der Waals surface area contributed by atoms with Crippen molar-refractivity contribution in [2.75, 3.05) is 70.5 Å². The monoisotopic (exact) mass is 720 g/mol. The number of hydrogen-bond acceptors (Lipinski definition) is 14. The Kier molecular flexibility index (Phi) is 11.9. The molecule has 1 saturated heterocycles. The number of nitrogens with one attached hydrogen (secondary N) is 1. The van der Waals surface area contributed by atoms with E-state index in [2.05, 4.69) is 57.3 Å². The minimum Gasteiger partial charge on any atom is -0.493 e. The van der Waals surface area contributed by atoms with E-state index in [0.717, 1.165) is 5.56 Å². The molecule has 1 aliphatic heterocycles. The fourth-order valence-corrected chi connectivity index (χ4v) is 5.69. The minimum absolute atomic E-state index is 0.0184. The highest BCUT2D eigenvalue weighted by Gasteiger charge is 2.27. The van der Waals surface area contributed by atoms with E-state index in [9.17, 15) is 8.42 Å². The van der Waals surface area contributed by atoms with Crippen molar-refractivity contribution in [3.8, 4) is 52.7 Å². The number of benzene rings is 2. The van der Waals surface area contributed by atoms with Gasteiger partial charge in [0, 0.05) is 13.1 Å².